The number of halogens is 2. The fraction of sp³-hybridized carbons (Fsp3) is 0.588. The van der Waals surface area contributed by atoms with Gasteiger partial charge in [-0.2, -0.15) is 0 Å². The summed E-state index contributed by atoms with van der Waals surface area (Å²) in [5.74, 6) is -0.431. The number of carbonyl (C=O) groups is 1. The maximum absolute atomic E-state index is 12.9. The van der Waals surface area contributed by atoms with Gasteiger partial charge in [-0.1, -0.05) is 0 Å². The van der Waals surface area contributed by atoms with Crippen LogP contribution in [0.4, 0.5) is 4.39 Å². The molecule has 148 valence electrons. The Balaban J connectivity index is 0.00000338. The molecule has 0 bridgehead atoms. The van der Waals surface area contributed by atoms with Crippen molar-refractivity contribution in [3.63, 3.8) is 0 Å². The molecular weight excluding hydrogens is 381 g/mol. The smallest absolute Gasteiger partial charge is 0.242 e. The van der Waals surface area contributed by atoms with Gasteiger partial charge in [0.15, 0.2) is 0 Å². The molecule has 1 heterocycles. The van der Waals surface area contributed by atoms with Gasteiger partial charge < -0.3 is 10.2 Å². The van der Waals surface area contributed by atoms with E-state index in [9.17, 15) is 17.6 Å². The highest BCUT2D eigenvalue weighted by Gasteiger charge is 2.28. The van der Waals surface area contributed by atoms with Crippen LogP contribution < -0.4 is 5.32 Å². The van der Waals surface area contributed by atoms with Gasteiger partial charge in [0.1, 0.15) is 5.82 Å². The highest BCUT2D eigenvalue weighted by atomic mass is 35.5. The molecule has 9 heteroatoms. The normalized spacial score (nSPS) is 20.7. The number of piperazine rings is 1. The predicted molar refractivity (Wildman–Crippen MR) is 101 cm³/mol. The molecule has 1 aromatic carbocycles. The maximum Gasteiger partial charge on any atom is 0.242 e. The van der Waals surface area contributed by atoms with Crippen molar-refractivity contribution in [3.05, 3.63) is 30.1 Å². The van der Waals surface area contributed by atoms with Crippen LogP contribution in [-0.2, 0) is 14.8 Å². The average Bonchev–Trinajstić information content (AvgIpc) is 2.57. The molecule has 1 saturated heterocycles. The lowest BCUT2D eigenvalue weighted by Gasteiger charge is -2.38. The Morgan fingerprint density at radius 3 is 2.54 bits per heavy atom. The number of nitrogens with zero attached hydrogens (tertiary/aromatic N) is 2. The van der Waals surface area contributed by atoms with Crippen molar-refractivity contribution in [2.45, 2.75) is 43.7 Å². The van der Waals surface area contributed by atoms with E-state index in [1.165, 1.54) is 23.5 Å². The summed E-state index contributed by atoms with van der Waals surface area (Å²) in [6, 6.07) is 5.11. The molecule has 1 N–H and O–H groups in total. The number of amides is 1. The number of nitrogens with one attached hydrogen (secondary N) is 1. The molecule has 26 heavy (non-hydrogen) atoms. The average molecular weight is 408 g/mol. The Morgan fingerprint density at radius 1 is 1.31 bits per heavy atom. The van der Waals surface area contributed by atoms with E-state index in [2.05, 4.69) is 5.32 Å². The van der Waals surface area contributed by atoms with Crippen LogP contribution in [0.1, 0.15) is 26.7 Å². The van der Waals surface area contributed by atoms with Crippen molar-refractivity contribution >= 4 is 28.3 Å². The third kappa shape index (κ3) is 5.39. The quantitative estimate of drug-likeness (QED) is 0.781. The number of sulfonamides is 1. The summed E-state index contributed by atoms with van der Waals surface area (Å²) in [7, 11) is -2.20. The van der Waals surface area contributed by atoms with Crippen molar-refractivity contribution in [2.75, 3.05) is 26.7 Å². The third-order valence-electron chi connectivity index (χ3n) is 4.74. The maximum atomic E-state index is 12.9. The molecular formula is C17H27ClFN3O3S. The SMILES string of the molecule is CC1NCCN(C(=O)CCCN(C)S(=O)(=O)c2ccc(F)cc2)C1C.Cl. The lowest BCUT2D eigenvalue weighted by Crippen LogP contribution is -2.57. The molecule has 0 aliphatic carbocycles. The summed E-state index contributed by atoms with van der Waals surface area (Å²) in [6.45, 7) is 5.75. The van der Waals surface area contributed by atoms with E-state index < -0.39 is 15.8 Å². The Labute approximate surface area is 161 Å². The van der Waals surface area contributed by atoms with E-state index in [1.54, 1.807) is 0 Å². The van der Waals surface area contributed by atoms with E-state index in [-0.39, 0.29) is 41.8 Å². The lowest BCUT2D eigenvalue weighted by molar-refractivity contribution is -0.135. The second-order valence-corrected chi connectivity index (χ2v) is 8.50. The van der Waals surface area contributed by atoms with Gasteiger partial charge >= 0.3 is 0 Å². The van der Waals surface area contributed by atoms with Gasteiger partial charge in [-0.3, -0.25) is 4.79 Å². The topological polar surface area (TPSA) is 69.7 Å². The molecule has 1 amide bonds. The van der Waals surface area contributed by atoms with Crippen LogP contribution in [0.3, 0.4) is 0 Å². The molecule has 1 aromatic rings. The minimum atomic E-state index is -3.67. The van der Waals surface area contributed by atoms with Crippen molar-refractivity contribution in [3.8, 4) is 0 Å². The predicted octanol–water partition coefficient (Wildman–Crippen LogP) is 1.86. The van der Waals surface area contributed by atoms with Gasteiger partial charge in [0.05, 0.1) is 4.90 Å². The zero-order chi connectivity index (χ0) is 18.6. The monoisotopic (exact) mass is 407 g/mol. The van der Waals surface area contributed by atoms with Crippen molar-refractivity contribution in [1.82, 2.24) is 14.5 Å². The Hall–Kier alpha value is -1.22. The Bertz CT molecular complexity index is 700. The van der Waals surface area contributed by atoms with E-state index in [0.717, 1.165) is 18.7 Å². The summed E-state index contributed by atoms with van der Waals surface area (Å²) in [4.78, 5) is 14.3. The van der Waals surface area contributed by atoms with Gasteiger partial charge in [-0.15, -0.1) is 12.4 Å². The van der Waals surface area contributed by atoms with E-state index in [4.69, 9.17) is 0 Å². The zero-order valence-corrected chi connectivity index (χ0v) is 16.9. The molecule has 2 unspecified atom stereocenters. The first-order chi connectivity index (χ1) is 11.7. The molecule has 2 atom stereocenters. The standard InChI is InChI=1S/C17H26FN3O3S.ClH/c1-13-14(2)21(12-10-19-13)17(22)5-4-11-20(3)25(23,24)16-8-6-15(18)7-9-16;/h6-9,13-14,19H,4-5,10-12H2,1-3H3;1H. The van der Waals surface area contributed by atoms with Crippen LogP contribution in [0.25, 0.3) is 0 Å². The molecule has 0 spiro atoms. The van der Waals surface area contributed by atoms with Gasteiger partial charge in [0.25, 0.3) is 0 Å². The first-order valence-electron chi connectivity index (χ1n) is 8.48. The first kappa shape index (κ1) is 22.8. The summed E-state index contributed by atoms with van der Waals surface area (Å²) >= 11 is 0. The van der Waals surface area contributed by atoms with Gasteiger partial charge in [-0.25, -0.2) is 17.1 Å². The van der Waals surface area contributed by atoms with Crippen LogP contribution in [0.2, 0.25) is 0 Å². The Morgan fingerprint density at radius 2 is 1.92 bits per heavy atom. The second kappa shape index (κ2) is 9.64. The molecule has 1 aliphatic heterocycles. The number of rotatable bonds is 6. The molecule has 0 aromatic heterocycles. The van der Waals surface area contributed by atoms with Crippen LogP contribution in [0, 0.1) is 5.82 Å². The summed E-state index contributed by atoms with van der Waals surface area (Å²) < 4.78 is 39.0. The summed E-state index contributed by atoms with van der Waals surface area (Å²) in [5.41, 5.74) is 0. The van der Waals surface area contributed by atoms with Crippen molar-refractivity contribution in [1.29, 1.82) is 0 Å². The highest BCUT2D eigenvalue weighted by molar-refractivity contribution is 7.89. The fourth-order valence-corrected chi connectivity index (χ4v) is 4.12. The van der Waals surface area contributed by atoms with Gasteiger partial charge in [0, 0.05) is 45.2 Å². The molecule has 1 fully saturated rings. The second-order valence-electron chi connectivity index (χ2n) is 6.45. The fourth-order valence-electron chi connectivity index (χ4n) is 2.91. The minimum Gasteiger partial charge on any atom is -0.337 e. The van der Waals surface area contributed by atoms with E-state index in [1.807, 2.05) is 18.7 Å². The van der Waals surface area contributed by atoms with Gasteiger partial charge in [-0.05, 0) is 44.5 Å². The first-order valence-corrected chi connectivity index (χ1v) is 9.92. The molecule has 0 radical (unpaired) electrons. The number of benzene rings is 1. The van der Waals surface area contributed by atoms with Crippen molar-refractivity contribution < 1.29 is 17.6 Å². The number of hydrogen-bond donors (Lipinski definition) is 1. The van der Waals surface area contributed by atoms with Crippen LogP contribution in [0.5, 0.6) is 0 Å². The lowest BCUT2D eigenvalue weighted by atomic mass is 10.1. The zero-order valence-electron chi connectivity index (χ0n) is 15.3. The molecule has 6 nitrogen and oxygen atoms in total. The Kier molecular flexibility index (Phi) is 8.46. The van der Waals surface area contributed by atoms with Gasteiger partial charge in [0.2, 0.25) is 15.9 Å². The largest absolute Gasteiger partial charge is 0.337 e. The molecule has 0 saturated carbocycles. The van der Waals surface area contributed by atoms with Crippen molar-refractivity contribution in [2.24, 2.45) is 0 Å². The molecule has 2 rings (SSSR count). The van der Waals surface area contributed by atoms with E-state index in [0.29, 0.717) is 19.4 Å². The highest BCUT2D eigenvalue weighted by Crippen LogP contribution is 2.16. The summed E-state index contributed by atoms with van der Waals surface area (Å²) in [6.07, 6.45) is 0.751. The molecule has 1 aliphatic rings. The number of carbonyl (C=O) groups excluding carboxylic acids is 1. The van der Waals surface area contributed by atoms with Crippen LogP contribution in [0.15, 0.2) is 29.2 Å². The third-order valence-corrected chi connectivity index (χ3v) is 6.61. The van der Waals surface area contributed by atoms with Crippen LogP contribution in [-0.4, -0.2) is 62.3 Å². The van der Waals surface area contributed by atoms with E-state index >= 15 is 0 Å². The summed E-state index contributed by atoms with van der Waals surface area (Å²) in [5, 5.41) is 3.32. The van der Waals surface area contributed by atoms with Crippen LogP contribution >= 0.6 is 12.4 Å². The minimum absolute atomic E-state index is 0. The number of hydrogen-bond acceptors (Lipinski definition) is 4.